The summed E-state index contributed by atoms with van der Waals surface area (Å²) in [4.78, 5) is 36.2. The molecule has 2 N–H and O–H groups in total. The summed E-state index contributed by atoms with van der Waals surface area (Å²) in [6.07, 6.45) is 1.42. The Hall–Kier alpha value is -2.77. The van der Waals surface area contributed by atoms with Crippen LogP contribution in [0.4, 0.5) is 0 Å². The first-order valence-corrected chi connectivity index (χ1v) is 8.58. The number of piperidine rings is 1. The second-order valence-electron chi connectivity index (χ2n) is 6.03. The number of benzene rings is 1. The van der Waals surface area contributed by atoms with Crippen molar-refractivity contribution in [1.82, 2.24) is 10.2 Å². The highest BCUT2D eigenvalue weighted by Gasteiger charge is 2.23. The number of likely N-dealkylation sites (tertiary alicyclic amines) is 1. The Labute approximate surface area is 152 Å². The number of hydrogen-bond acceptors (Lipinski definition) is 5. The second kappa shape index (κ2) is 9.07. The van der Waals surface area contributed by atoms with Crippen LogP contribution in [-0.2, 0) is 9.59 Å². The van der Waals surface area contributed by atoms with Gasteiger partial charge in [-0.15, -0.1) is 0 Å². The fourth-order valence-electron chi connectivity index (χ4n) is 2.78. The molecule has 0 bridgehead atoms. The van der Waals surface area contributed by atoms with Gasteiger partial charge in [0.1, 0.15) is 0 Å². The first-order valence-electron chi connectivity index (χ1n) is 8.58. The predicted octanol–water partition coefficient (Wildman–Crippen LogP) is 1.29. The average molecular weight is 364 g/mol. The Balaban J connectivity index is 2.01. The molecule has 2 amide bonds. The quantitative estimate of drug-likeness (QED) is 0.755. The van der Waals surface area contributed by atoms with Gasteiger partial charge in [0.15, 0.2) is 18.1 Å². The van der Waals surface area contributed by atoms with Gasteiger partial charge in [0.05, 0.1) is 6.61 Å². The minimum atomic E-state index is -1.09. The SMILES string of the molecule is CCOc1cc(C(=O)NC2CCN(C(C)=O)CC2)ccc1OCC(=O)O. The van der Waals surface area contributed by atoms with Gasteiger partial charge in [-0.1, -0.05) is 0 Å². The number of carbonyl (C=O) groups is 3. The molecule has 1 aromatic rings. The van der Waals surface area contributed by atoms with E-state index in [2.05, 4.69) is 5.32 Å². The second-order valence-corrected chi connectivity index (χ2v) is 6.03. The molecule has 0 aromatic heterocycles. The molecule has 0 spiro atoms. The van der Waals surface area contributed by atoms with Crippen LogP contribution >= 0.6 is 0 Å². The number of ether oxygens (including phenoxy) is 2. The Morgan fingerprint density at radius 1 is 1.19 bits per heavy atom. The third-order valence-electron chi connectivity index (χ3n) is 4.13. The molecule has 8 heteroatoms. The van der Waals surface area contributed by atoms with E-state index < -0.39 is 12.6 Å². The number of hydrogen-bond donors (Lipinski definition) is 2. The molecule has 1 aliphatic heterocycles. The molecule has 1 heterocycles. The van der Waals surface area contributed by atoms with Crippen LogP contribution in [0.1, 0.15) is 37.0 Å². The van der Waals surface area contributed by atoms with Crippen molar-refractivity contribution in [3.63, 3.8) is 0 Å². The van der Waals surface area contributed by atoms with Crippen molar-refractivity contribution in [3.05, 3.63) is 23.8 Å². The predicted molar refractivity (Wildman–Crippen MR) is 93.5 cm³/mol. The largest absolute Gasteiger partial charge is 0.490 e. The normalized spacial score (nSPS) is 14.6. The van der Waals surface area contributed by atoms with Crippen LogP contribution in [0.5, 0.6) is 11.5 Å². The van der Waals surface area contributed by atoms with Crippen molar-refractivity contribution in [2.24, 2.45) is 0 Å². The van der Waals surface area contributed by atoms with Crippen LogP contribution in [0.15, 0.2) is 18.2 Å². The van der Waals surface area contributed by atoms with E-state index >= 15 is 0 Å². The van der Waals surface area contributed by atoms with Crippen molar-refractivity contribution in [2.45, 2.75) is 32.7 Å². The summed E-state index contributed by atoms with van der Waals surface area (Å²) in [6, 6.07) is 4.65. The molecule has 2 rings (SSSR count). The minimum Gasteiger partial charge on any atom is -0.490 e. The van der Waals surface area contributed by atoms with E-state index in [9.17, 15) is 14.4 Å². The average Bonchev–Trinajstić information content (AvgIpc) is 2.61. The first kappa shape index (κ1) is 19.6. The standard InChI is InChI=1S/C18H24N2O6/c1-3-25-16-10-13(4-5-15(16)26-11-17(22)23)18(24)19-14-6-8-20(9-7-14)12(2)21/h4-5,10,14H,3,6-9,11H2,1-2H3,(H,19,24)(H,22,23). The number of rotatable bonds is 7. The van der Waals surface area contributed by atoms with E-state index in [1.54, 1.807) is 30.9 Å². The monoisotopic (exact) mass is 364 g/mol. The lowest BCUT2D eigenvalue weighted by Crippen LogP contribution is -2.46. The Morgan fingerprint density at radius 2 is 1.88 bits per heavy atom. The van der Waals surface area contributed by atoms with Gasteiger partial charge in [0.25, 0.3) is 5.91 Å². The Kier molecular flexibility index (Phi) is 6.82. The van der Waals surface area contributed by atoms with Gasteiger partial charge >= 0.3 is 5.97 Å². The molecule has 0 unspecified atom stereocenters. The number of aliphatic carboxylic acids is 1. The Bertz CT molecular complexity index is 668. The number of carboxylic acid groups (broad SMARTS) is 1. The highest BCUT2D eigenvalue weighted by molar-refractivity contribution is 5.95. The van der Waals surface area contributed by atoms with Crippen LogP contribution in [-0.4, -0.2) is 60.1 Å². The highest BCUT2D eigenvalue weighted by Crippen LogP contribution is 2.28. The van der Waals surface area contributed by atoms with Gasteiger partial charge < -0.3 is 24.8 Å². The maximum atomic E-state index is 12.5. The Morgan fingerprint density at radius 3 is 2.46 bits per heavy atom. The molecule has 0 saturated carbocycles. The van der Waals surface area contributed by atoms with Gasteiger partial charge in [-0.3, -0.25) is 9.59 Å². The van der Waals surface area contributed by atoms with Gasteiger partial charge in [0, 0.05) is 31.6 Å². The van der Waals surface area contributed by atoms with Crippen molar-refractivity contribution in [2.75, 3.05) is 26.3 Å². The third-order valence-corrected chi connectivity index (χ3v) is 4.13. The zero-order valence-electron chi connectivity index (χ0n) is 15.0. The fourth-order valence-corrected chi connectivity index (χ4v) is 2.78. The summed E-state index contributed by atoms with van der Waals surface area (Å²) in [5.74, 6) is -0.676. The minimum absolute atomic E-state index is 0.0107. The third kappa shape index (κ3) is 5.37. The number of carbonyl (C=O) groups excluding carboxylic acids is 2. The van der Waals surface area contributed by atoms with Crippen LogP contribution in [0.2, 0.25) is 0 Å². The molecular weight excluding hydrogens is 340 g/mol. The van der Waals surface area contributed by atoms with E-state index in [4.69, 9.17) is 14.6 Å². The summed E-state index contributed by atoms with van der Waals surface area (Å²) in [5, 5.41) is 11.7. The number of nitrogens with zero attached hydrogens (tertiary/aromatic N) is 1. The maximum absolute atomic E-state index is 12.5. The summed E-state index contributed by atoms with van der Waals surface area (Å²) < 4.78 is 10.6. The number of carboxylic acids is 1. The first-order chi connectivity index (χ1) is 12.4. The fraction of sp³-hybridized carbons (Fsp3) is 0.500. The summed E-state index contributed by atoms with van der Waals surface area (Å²) in [5.41, 5.74) is 0.408. The maximum Gasteiger partial charge on any atom is 0.341 e. The lowest BCUT2D eigenvalue weighted by atomic mass is 10.0. The van der Waals surface area contributed by atoms with E-state index in [1.807, 2.05) is 0 Å². The van der Waals surface area contributed by atoms with Gasteiger partial charge in [-0.2, -0.15) is 0 Å². The number of amides is 2. The van der Waals surface area contributed by atoms with E-state index in [0.29, 0.717) is 43.9 Å². The zero-order valence-corrected chi connectivity index (χ0v) is 15.0. The number of nitrogens with one attached hydrogen (secondary N) is 1. The molecule has 1 aliphatic rings. The molecule has 26 heavy (non-hydrogen) atoms. The molecule has 8 nitrogen and oxygen atoms in total. The molecule has 0 radical (unpaired) electrons. The smallest absolute Gasteiger partial charge is 0.341 e. The van der Waals surface area contributed by atoms with Crippen LogP contribution in [0, 0.1) is 0 Å². The summed E-state index contributed by atoms with van der Waals surface area (Å²) >= 11 is 0. The van der Waals surface area contributed by atoms with Crippen molar-refractivity contribution in [1.29, 1.82) is 0 Å². The lowest BCUT2D eigenvalue weighted by molar-refractivity contribution is -0.139. The topological polar surface area (TPSA) is 105 Å². The van der Waals surface area contributed by atoms with Crippen LogP contribution in [0.3, 0.4) is 0 Å². The molecule has 1 fully saturated rings. The molecule has 0 aliphatic carbocycles. The van der Waals surface area contributed by atoms with Crippen LogP contribution in [0.25, 0.3) is 0 Å². The lowest BCUT2D eigenvalue weighted by Gasteiger charge is -2.31. The van der Waals surface area contributed by atoms with Gasteiger partial charge in [-0.25, -0.2) is 4.79 Å². The van der Waals surface area contributed by atoms with Gasteiger partial charge in [-0.05, 0) is 38.0 Å². The summed E-state index contributed by atoms with van der Waals surface area (Å²) in [7, 11) is 0. The van der Waals surface area contributed by atoms with Gasteiger partial charge in [0.2, 0.25) is 5.91 Å². The molecule has 1 aromatic carbocycles. The molecule has 142 valence electrons. The molecule has 1 saturated heterocycles. The van der Waals surface area contributed by atoms with Crippen molar-refractivity contribution < 1.29 is 29.0 Å². The van der Waals surface area contributed by atoms with E-state index in [0.717, 1.165) is 0 Å². The molecule has 0 atom stereocenters. The van der Waals surface area contributed by atoms with E-state index in [-0.39, 0.29) is 23.6 Å². The van der Waals surface area contributed by atoms with Crippen molar-refractivity contribution >= 4 is 17.8 Å². The summed E-state index contributed by atoms with van der Waals surface area (Å²) in [6.45, 7) is 4.47. The molecular formula is C18H24N2O6. The van der Waals surface area contributed by atoms with E-state index in [1.165, 1.54) is 6.07 Å². The van der Waals surface area contributed by atoms with Crippen molar-refractivity contribution in [3.8, 4) is 11.5 Å². The van der Waals surface area contributed by atoms with Crippen LogP contribution < -0.4 is 14.8 Å². The zero-order chi connectivity index (χ0) is 19.1. The highest BCUT2D eigenvalue weighted by atomic mass is 16.5.